The summed E-state index contributed by atoms with van der Waals surface area (Å²) in [5, 5.41) is 8.30. The maximum absolute atomic E-state index is 13.4. The topological polar surface area (TPSA) is 68.8 Å². The fourth-order valence-corrected chi connectivity index (χ4v) is 3.20. The van der Waals surface area contributed by atoms with Crippen LogP contribution in [0.25, 0.3) is 11.0 Å². The summed E-state index contributed by atoms with van der Waals surface area (Å²) >= 11 is 0. The average molecular weight is 412 g/mol. The smallest absolute Gasteiger partial charge is 0.280 e. The molecule has 3 heterocycles. The number of carbonyl (C=O) groups excluding carboxylic acids is 1. The summed E-state index contributed by atoms with van der Waals surface area (Å²) in [6.07, 6.45) is -4.20. The van der Waals surface area contributed by atoms with Crippen LogP contribution >= 0.6 is 0 Å². The molecule has 3 aromatic rings. The van der Waals surface area contributed by atoms with Crippen LogP contribution in [0.4, 0.5) is 17.6 Å². The number of aromatic nitrogens is 5. The first-order chi connectivity index (χ1) is 13.6. The number of hydrogen-bond donors (Lipinski definition) is 0. The van der Waals surface area contributed by atoms with Crippen molar-refractivity contribution in [2.75, 3.05) is 7.05 Å². The molecule has 0 N–H and O–H groups in total. The maximum Gasteiger partial charge on any atom is 0.280 e. The second kappa shape index (κ2) is 7.80. The Morgan fingerprint density at radius 2 is 1.83 bits per heavy atom. The third kappa shape index (κ3) is 4.08. The summed E-state index contributed by atoms with van der Waals surface area (Å²) < 4.78 is 55.8. The van der Waals surface area contributed by atoms with Crippen molar-refractivity contribution in [3.63, 3.8) is 0 Å². The highest BCUT2D eigenvalue weighted by molar-refractivity contribution is 5.84. The van der Waals surface area contributed by atoms with Gasteiger partial charge in [-0.2, -0.15) is 10.2 Å². The van der Waals surface area contributed by atoms with Gasteiger partial charge in [-0.25, -0.2) is 27.2 Å². The molecule has 3 rings (SSSR count). The lowest BCUT2D eigenvalue weighted by atomic mass is 10.1. The maximum atomic E-state index is 13.4. The van der Waals surface area contributed by atoms with Crippen molar-refractivity contribution in [1.82, 2.24) is 29.4 Å². The summed E-state index contributed by atoms with van der Waals surface area (Å²) in [5.41, 5.74) is 0.318. The second-order valence-corrected chi connectivity index (χ2v) is 6.84. The number of rotatable bonds is 6. The molecule has 0 spiro atoms. The van der Waals surface area contributed by atoms with Gasteiger partial charge in [0.1, 0.15) is 12.2 Å². The normalized spacial score (nSPS) is 11.8. The Morgan fingerprint density at radius 3 is 2.38 bits per heavy atom. The molecule has 0 saturated carbocycles. The van der Waals surface area contributed by atoms with Gasteiger partial charge in [-0.1, -0.05) is 0 Å². The number of amides is 1. The minimum absolute atomic E-state index is 0.0112. The van der Waals surface area contributed by atoms with E-state index >= 15 is 0 Å². The van der Waals surface area contributed by atoms with Crippen molar-refractivity contribution in [1.29, 1.82) is 0 Å². The minimum Gasteiger partial charge on any atom is -0.340 e. The molecule has 3 aromatic heterocycles. The lowest BCUT2D eigenvalue weighted by molar-refractivity contribution is -0.131. The number of nitrogens with zero attached hydrogens (tertiary/aromatic N) is 6. The van der Waals surface area contributed by atoms with E-state index in [2.05, 4.69) is 15.2 Å². The van der Waals surface area contributed by atoms with Gasteiger partial charge in [-0.05, 0) is 19.9 Å². The number of carbonyl (C=O) groups is 1. The molecule has 0 bridgehead atoms. The number of hydrogen-bond acceptors (Lipinski definition) is 4. The Hall–Kier alpha value is -2.98. The van der Waals surface area contributed by atoms with Gasteiger partial charge in [0.2, 0.25) is 5.91 Å². The van der Waals surface area contributed by atoms with Crippen LogP contribution in [-0.4, -0.2) is 42.4 Å². The van der Waals surface area contributed by atoms with E-state index < -0.39 is 24.1 Å². The fourth-order valence-electron chi connectivity index (χ4n) is 3.20. The summed E-state index contributed by atoms with van der Waals surface area (Å²) in [6.45, 7) is 3.26. The van der Waals surface area contributed by atoms with Gasteiger partial charge in [0, 0.05) is 38.0 Å². The van der Waals surface area contributed by atoms with Crippen molar-refractivity contribution in [2.45, 2.75) is 39.8 Å². The van der Waals surface area contributed by atoms with E-state index in [1.807, 2.05) is 6.92 Å². The van der Waals surface area contributed by atoms with E-state index in [-0.39, 0.29) is 35.7 Å². The van der Waals surface area contributed by atoms with E-state index in [0.29, 0.717) is 6.07 Å². The molecule has 0 saturated heterocycles. The molecule has 0 aliphatic heterocycles. The molecule has 29 heavy (non-hydrogen) atoms. The van der Waals surface area contributed by atoms with Gasteiger partial charge in [0.25, 0.3) is 12.9 Å². The third-order valence-electron chi connectivity index (χ3n) is 4.62. The first-order valence-electron chi connectivity index (χ1n) is 8.75. The predicted molar refractivity (Wildman–Crippen MR) is 96.6 cm³/mol. The number of likely N-dealkylation sites (N-methyl/N-ethyl adjacent to an activating group) is 1. The second-order valence-electron chi connectivity index (χ2n) is 6.84. The van der Waals surface area contributed by atoms with Crippen molar-refractivity contribution >= 4 is 16.9 Å². The van der Waals surface area contributed by atoms with Gasteiger partial charge < -0.3 is 4.90 Å². The molecule has 0 fully saturated rings. The van der Waals surface area contributed by atoms with Crippen LogP contribution in [0.5, 0.6) is 0 Å². The highest BCUT2D eigenvalue weighted by atomic mass is 19.3. The highest BCUT2D eigenvalue weighted by Gasteiger charge is 2.24. The Balaban J connectivity index is 1.93. The summed E-state index contributed by atoms with van der Waals surface area (Å²) in [4.78, 5) is 17.9. The SMILES string of the molecule is Cc1nn(C)cc1CN(C)C(=O)Cn1nc(C)c2c(C(F)F)cc(C(F)F)nc21. The van der Waals surface area contributed by atoms with E-state index in [9.17, 15) is 22.4 Å². The number of halogens is 4. The Labute approximate surface area is 163 Å². The molecule has 11 heteroatoms. The van der Waals surface area contributed by atoms with Gasteiger partial charge in [0.05, 0.1) is 16.8 Å². The zero-order chi connectivity index (χ0) is 21.5. The lowest BCUT2D eigenvalue weighted by Gasteiger charge is -2.17. The summed E-state index contributed by atoms with van der Waals surface area (Å²) in [7, 11) is 3.35. The number of alkyl halides is 4. The molecular weight excluding hydrogens is 392 g/mol. The van der Waals surface area contributed by atoms with Crippen molar-refractivity contribution in [3.05, 3.63) is 40.5 Å². The quantitative estimate of drug-likeness (QED) is 0.583. The van der Waals surface area contributed by atoms with Crippen LogP contribution < -0.4 is 0 Å². The van der Waals surface area contributed by atoms with Gasteiger partial charge in [-0.15, -0.1) is 0 Å². The molecule has 0 aliphatic carbocycles. The van der Waals surface area contributed by atoms with E-state index in [1.54, 1.807) is 25.0 Å². The van der Waals surface area contributed by atoms with Crippen LogP contribution in [0.15, 0.2) is 12.3 Å². The highest BCUT2D eigenvalue weighted by Crippen LogP contribution is 2.32. The Morgan fingerprint density at radius 1 is 1.14 bits per heavy atom. The fraction of sp³-hybridized carbons (Fsp3) is 0.444. The number of fused-ring (bicyclic) bond motifs is 1. The molecule has 0 aromatic carbocycles. The zero-order valence-electron chi connectivity index (χ0n) is 16.3. The van der Waals surface area contributed by atoms with Crippen molar-refractivity contribution < 1.29 is 22.4 Å². The van der Waals surface area contributed by atoms with E-state index in [4.69, 9.17) is 0 Å². The van der Waals surface area contributed by atoms with Gasteiger partial charge >= 0.3 is 0 Å². The first-order valence-corrected chi connectivity index (χ1v) is 8.75. The van der Waals surface area contributed by atoms with E-state index in [1.165, 1.54) is 11.8 Å². The van der Waals surface area contributed by atoms with Gasteiger partial charge in [0.15, 0.2) is 5.65 Å². The number of aryl methyl sites for hydroxylation is 3. The van der Waals surface area contributed by atoms with Crippen LogP contribution in [-0.2, 0) is 24.9 Å². The Bertz CT molecular complexity index is 1060. The largest absolute Gasteiger partial charge is 0.340 e. The monoisotopic (exact) mass is 412 g/mol. The molecule has 156 valence electrons. The summed E-state index contributed by atoms with van der Waals surface area (Å²) in [5.74, 6) is -0.375. The average Bonchev–Trinajstić information content (AvgIpc) is 3.12. The lowest BCUT2D eigenvalue weighted by Crippen LogP contribution is -2.30. The standard InChI is InChI=1S/C18H20F4N6O/c1-9-11(7-27(4)24-9)6-26(3)14(29)8-28-18-15(10(2)25-28)12(16(19)20)5-13(23-18)17(21)22/h5,7,16-17H,6,8H2,1-4H3. The Kier molecular flexibility index (Phi) is 5.58. The molecule has 7 nitrogen and oxygen atoms in total. The molecular formula is C18H20F4N6O. The number of pyridine rings is 1. The van der Waals surface area contributed by atoms with E-state index in [0.717, 1.165) is 15.9 Å². The zero-order valence-corrected chi connectivity index (χ0v) is 16.3. The van der Waals surface area contributed by atoms with Crippen LogP contribution in [0.3, 0.4) is 0 Å². The molecule has 1 amide bonds. The molecule has 0 unspecified atom stereocenters. The third-order valence-corrected chi connectivity index (χ3v) is 4.62. The predicted octanol–water partition coefficient (Wildman–Crippen LogP) is 3.32. The van der Waals surface area contributed by atoms with Crippen molar-refractivity contribution in [3.8, 4) is 0 Å². The molecule has 0 aliphatic rings. The molecule has 0 radical (unpaired) electrons. The van der Waals surface area contributed by atoms with Crippen LogP contribution in [0.1, 0.15) is 41.1 Å². The molecule has 0 atom stereocenters. The first kappa shape index (κ1) is 20.7. The van der Waals surface area contributed by atoms with Gasteiger partial charge in [-0.3, -0.25) is 9.48 Å². The summed E-state index contributed by atoms with van der Waals surface area (Å²) in [6, 6.07) is 0.690. The van der Waals surface area contributed by atoms with Crippen molar-refractivity contribution in [2.24, 2.45) is 7.05 Å². The van der Waals surface area contributed by atoms with Crippen LogP contribution in [0, 0.1) is 13.8 Å². The van der Waals surface area contributed by atoms with Crippen LogP contribution in [0.2, 0.25) is 0 Å². The minimum atomic E-state index is -3.02.